The molecule has 1 aromatic carbocycles. The average molecular weight is 289 g/mol. The summed E-state index contributed by atoms with van der Waals surface area (Å²) in [6.07, 6.45) is 5.10. The van der Waals surface area contributed by atoms with Crippen molar-refractivity contribution in [1.82, 2.24) is 14.4 Å². The van der Waals surface area contributed by atoms with E-state index in [-0.39, 0.29) is 5.69 Å². The fourth-order valence-corrected chi connectivity index (χ4v) is 2.60. The summed E-state index contributed by atoms with van der Waals surface area (Å²) in [6, 6.07) is 13.7. The van der Waals surface area contributed by atoms with Crippen molar-refractivity contribution < 1.29 is 9.90 Å². The van der Waals surface area contributed by atoms with Crippen molar-refractivity contribution in [3.63, 3.8) is 0 Å². The van der Waals surface area contributed by atoms with Crippen LogP contribution in [0, 0.1) is 0 Å². The zero-order chi connectivity index (χ0) is 15.1. The zero-order valence-electron chi connectivity index (χ0n) is 11.5. The summed E-state index contributed by atoms with van der Waals surface area (Å²) in [5, 5.41) is 10.1. The molecule has 3 aromatic heterocycles. The summed E-state index contributed by atoms with van der Waals surface area (Å²) in [4.78, 5) is 19.5. The van der Waals surface area contributed by atoms with Crippen molar-refractivity contribution in [2.45, 2.75) is 0 Å². The van der Waals surface area contributed by atoms with Crippen LogP contribution in [0.2, 0.25) is 0 Å². The first-order valence-corrected chi connectivity index (χ1v) is 6.78. The number of carboxylic acids is 1. The lowest BCUT2D eigenvalue weighted by Gasteiger charge is -2.06. The lowest BCUT2D eigenvalue weighted by Crippen LogP contribution is -1.94. The number of carbonyl (C=O) groups is 1. The number of para-hydroxylation sites is 1. The van der Waals surface area contributed by atoms with E-state index in [1.807, 2.05) is 48.7 Å². The predicted molar refractivity (Wildman–Crippen MR) is 82.9 cm³/mol. The summed E-state index contributed by atoms with van der Waals surface area (Å²) in [7, 11) is 0. The quantitative estimate of drug-likeness (QED) is 0.615. The summed E-state index contributed by atoms with van der Waals surface area (Å²) in [6.45, 7) is 0. The van der Waals surface area contributed by atoms with Crippen LogP contribution in [0.25, 0.3) is 27.7 Å². The van der Waals surface area contributed by atoms with Crippen molar-refractivity contribution >= 4 is 22.5 Å². The first kappa shape index (κ1) is 12.5. The van der Waals surface area contributed by atoms with E-state index in [9.17, 15) is 4.79 Å². The van der Waals surface area contributed by atoms with Crippen molar-refractivity contribution in [2.75, 3.05) is 0 Å². The molecule has 0 spiro atoms. The van der Waals surface area contributed by atoms with Crippen LogP contribution in [-0.4, -0.2) is 25.4 Å². The fourth-order valence-electron chi connectivity index (χ4n) is 2.60. The minimum atomic E-state index is -1.03. The summed E-state index contributed by atoms with van der Waals surface area (Å²) < 4.78 is 1.70. The van der Waals surface area contributed by atoms with Gasteiger partial charge < -0.3 is 9.51 Å². The summed E-state index contributed by atoms with van der Waals surface area (Å²) in [5.74, 6) is -1.03. The van der Waals surface area contributed by atoms with Crippen LogP contribution in [0.3, 0.4) is 0 Å². The van der Waals surface area contributed by atoms with Gasteiger partial charge in [-0.3, -0.25) is 4.98 Å². The van der Waals surface area contributed by atoms with E-state index < -0.39 is 5.97 Å². The number of aromatic carboxylic acids is 1. The zero-order valence-corrected chi connectivity index (χ0v) is 11.5. The minimum absolute atomic E-state index is 0.0386. The SMILES string of the molecule is O=C(O)c1cn2ccc(-c3ccnc4ccccc34)cc2n1. The molecule has 0 amide bonds. The largest absolute Gasteiger partial charge is 0.476 e. The van der Waals surface area contributed by atoms with Gasteiger partial charge >= 0.3 is 5.97 Å². The van der Waals surface area contributed by atoms with Crippen molar-refractivity contribution in [3.8, 4) is 11.1 Å². The Kier molecular flexibility index (Phi) is 2.66. The van der Waals surface area contributed by atoms with Crippen molar-refractivity contribution in [2.24, 2.45) is 0 Å². The first-order valence-electron chi connectivity index (χ1n) is 6.78. The van der Waals surface area contributed by atoms with E-state index in [1.165, 1.54) is 6.20 Å². The van der Waals surface area contributed by atoms with Gasteiger partial charge in [-0.25, -0.2) is 9.78 Å². The number of imidazole rings is 1. The van der Waals surface area contributed by atoms with Crippen LogP contribution in [-0.2, 0) is 0 Å². The Hall–Kier alpha value is -3.21. The van der Waals surface area contributed by atoms with Gasteiger partial charge in [0.25, 0.3) is 0 Å². The normalized spacial score (nSPS) is 11.1. The van der Waals surface area contributed by atoms with Crippen LogP contribution < -0.4 is 0 Å². The van der Waals surface area contributed by atoms with E-state index in [1.54, 1.807) is 10.6 Å². The maximum atomic E-state index is 11.0. The molecule has 5 heteroatoms. The molecule has 0 saturated heterocycles. The molecule has 0 radical (unpaired) electrons. The molecule has 1 N–H and O–H groups in total. The van der Waals surface area contributed by atoms with Gasteiger partial charge in [-0.1, -0.05) is 18.2 Å². The Morgan fingerprint density at radius 2 is 2.00 bits per heavy atom. The lowest BCUT2D eigenvalue weighted by atomic mass is 10.0. The van der Waals surface area contributed by atoms with E-state index in [2.05, 4.69) is 9.97 Å². The molecule has 0 aliphatic carbocycles. The Morgan fingerprint density at radius 3 is 2.86 bits per heavy atom. The Bertz CT molecular complexity index is 1020. The molecule has 0 fully saturated rings. The third kappa shape index (κ3) is 1.91. The van der Waals surface area contributed by atoms with E-state index in [4.69, 9.17) is 5.11 Å². The maximum Gasteiger partial charge on any atom is 0.356 e. The van der Waals surface area contributed by atoms with Gasteiger partial charge in [-0.15, -0.1) is 0 Å². The highest BCUT2D eigenvalue weighted by Gasteiger charge is 2.10. The second-order valence-corrected chi connectivity index (χ2v) is 4.99. The van der Waals surface area contributed by atoms with Gasteiger partial charge in [0.1, 0.15) is 5.65 Å². The van der Waals surface area contributed by atoms with Crippen LogP contribution in [0.1, 0.15) is 10.5 Å². The molecule has 0 unspecified atom stereocenters. The number of benzene rings is 1. The Balaban J connectivity index is 1.94. The molecule has 106 valence electrons. The van der Waals surface area contributed by atoms with Crippen LogP contribution in [0.5, 0.6) is 0 Å². The molecule has 0 bridgehead atoms. The lowest BCUT2D eigenvalue weighted by molar-refractivity contribution is 0.0691. The van der Waals surface area contributed by atoms with Gasteiger partial charge in [-0.2, -0.15) is 0 Å². The number of nitrogens with zero attached hydrogens (tertiary/aromatic N) is 3. The van der Waals surface area contributed by atoms with Crippen LogP contribution >= 0.6 is 0 Å². The molecule has 0 aliphatic rings. The number of hydrogen-bond acceptors (Lipinski definition) is 3. The monoisotopic (exact) mass is 289 g/mol. The minimum Gasteiger partial charge on any atom is -0.476 e. The topological polar surface area (TPSA) is 67.5 Å². The third-order valence-corrected chi connectivity index (χ3v) is 3.64. The molecule has 0 atom stereocenters. The maximum absolute atomic E-state index is 11.0. The Morgan fingerprint density at radius 1 is 1.14 bits per heavy atom. The second-order valence-electron chi connectivity index (χ2n) is 4.99. The number of carboxylic acid groups (broad SMARTS) is 1. The second kappa shape index (κ2) is 4.66. The smallest absolute Gasteiger partial charge is 0.356 e. The number of aromatic nitrogens is 3. The Labute approximate surface area is 125 Å². The molecule has 4 rings (SSSR count). The molecule has 22 heavy (non-hydrogen) atoms. The molecule has 0 saturated carbocycles. The number of pyridine rings is 2. The highest BCUT2D eigenvalue weighted by atomic mass is 16.4. The first-order chi connectivity index (χ1) is 10.7. The molecule has 4 aromatic rings. The molecular weight excluding hydrogens is 278 g/mol. The molecule has 0 aliphatic heterocycles. The van der Waals surface area contributed by atoms with E-state index in [0.717, 1.165) is 22.0 Å². The predicted octanol–water partition coefficient (Wildman–Crippen LogP) is 3.25. The highest BCUT2D eigenvalue weighted by Crippen LogP contribution is 2.27. The van der Waals surface area contributed by atoms with Gasteiger partial charge in [0.15, 0.2) is 5.69 Å². The highest BCUT2D eigenvalue weighted by molar-refractivity contribution is 5.94. The van der Waals surface area contributed by atoms with Gasteiger partial charge in [0.05, 0.1) is 5.52 Å². The van der Waals surface area contributed by atoms with Crippen molar-refractivity contribution in [3.05, 3.63) is 66.7 Å². The third-order valence-electron chi connectivity index (χ3n) is 3.64. The molecule has 3 heterocycles. The van der Waals surface area contributed by atoms with Crippen molar-refractivity contribution in [1.29, 1.82) is 0 Å². The summed E-state index contributed by atoms with van der Waals surface area (Å²) >= 11 is 0. The standard InChI is InChI=1S/C17H11N3O2/c21-17(22)15-10-20-8-6-11(9-16(20)19-15)12-5-7-18-14-4-2-1-3-13(12)14/h1-10H,(H,21,22). The molecule has 5 nitrogen and oxygen atoms in total. The van der Waals surface area contributed by atoms with E-state index in [0.29, 0.717) is 5.65 Å². The van der Waals surface area contributed by atoms with Gasteiger partial charge in [0.2, 0.25) is 0 Å². The summed E-state index contributed by atoms with van der Waals surface area (Å²) in [5.41, 5.74) is 3.60. The molecular formula is C17H11N3O2. The fraction of sp³-hybridized carbons (Fsp3) is 0. The van der Waals surface area contributed by atoms with Gasteiger partial charge in [-0.05, 0) is 35.4 Å². The van der Waals surface area contributed by atoms with Crippen LogP contribution in [0.15, 0.2) is 61.1 Å². The van der Waals surface area contributed by atoms with Crippen LogP contribution in [0.4, 0.5) is 0 Å². The average Bonchev–Trinajstić information content (AvgIpc) is 2.98. The van der Waals surface area contributed by atoms with E-state index >= 15 is 0 Å². The number of hydrogen-bond donors (Lipinski definition) is 1. The number of rotatable bonds is 2. The number of fused-ring (bicyclic) bond motifs is 2. The van der Waals surface area contributed by atoms with Gasteiger partial charge in [0, 0.05) is 24.0 Å².